The van der Waals surface area contributed by atoms with Crippen LogP contribution < -0.4 is 4.90 Å². The molecule has 244 valence electrons. The van der Waals surface area contributed by atoms with Gasteiger partial charge in [-0.3, -0.25) is 18.9 Å². The molecule has 47 heavy (non-hydrogen) atoms. The molecule has 1 fully saturated rings. The van der Waals surface area contributed by atoms with Crippen LogP contribution in [-0.4, -0.2) is 67.8 Å². The summed E-state index contributed by atoms with van der Waals surface area (Å²) in [7, 11) is 0.438. The van der Waals surface area contributed by atoms with Crippen LogP contribution in [0.5, 0.6) is 0 Å². The van der Waals surface area contributed by atoms with Gasteiger partial charge in [0.05, 0.1) is 22.5 Å². The first-order valence-electron chi connectivity index (χ1n) is 16.2. The predicted octanol–water partition coefficient (Wildman–Crippen LogP) is 6.63. The van der Waals surface area contributed by atoms with E-state index in [4.69, 9.17) is 9.97 Å². The number of fused-ring (bicyclic) bond motifs is 2. The van der Waals surface area contributed by atoms with Crippen molar-refractivity contribution in [3.8, 4) is 0 Å². The van der Waals surface area contributed by atoms with Crippen LogP contribution in [0.25, 0.3) is 11.2 Å². The van der Waals surface area contributed by atoms with Crippen molar-refractivity contribution in [3.63, 3.8) is 0 Å². The van der Waals surface area contributed by atoms with Crippen molar-refractivity contribution >= 4 is 56.3 Å². The summed E-state index contributed by atoms with van der Waals surface area (Å²) in [5.41, 5.74) is 5.95. The Kier molecular flexibility index (Phi) is 8.91. The lowest BCUT2D eigenvalue weighted by molar-refractivity contribution is 0.0654. The van der Waals surface area contributed by atoms with Crippen molar-refractivity contribution < 1.29 is 18.2 Å². The molecule has 3 aliphatic rings. The Morgan fingerprint density at radius 3 is 2.45 bits per heavy atom. The fourth-order valence-electron chi connectivity index (χ4n) is 6.78. The number of thiazole rings is 1. The Morgan fingerprint density at radius 1 is 1.02 bits per heavy atom. The first-order chi connectivity index (χ1) is 22.8. The first-order valence-corrected chi connectivity index (χ1v) is 18.5. The fraction of sp³-hybridized carbons (Fsp3) is 0.371. The summed E-state index contributed by atoms with van der Waals surface area (Å²) in [5, 5.41) is 2.90. The smallest absolute Gasteiger partial charge is 0.261 e. The van der Waals surface area contributed by atoms with Gasteiger partial charge < -0.3 is 4.90 Å². The zero-order valence-corrected chi connectivity index (χ0v) is 28.3. The third kappa shape index (κ3) is 6.10. The maximum Gasteiger partial charge on any atom is 0.261 e. The van der Waals surface area contributed by atoms with E-state index in [-0.39, 0.29) is 24.2 Å². The lowest BCUT2D eigenvalue weighted by atomic mass is 9.91. The summed E-state index contributed by atoms with van der Waals surface area (Å²) in [6, 6.07) is 11.1. The summed E-state index contributed by atoms with van der Waals surface area (Å²) in [4.78, 5) is 38.5. The molecular formula is C35H38FN6O3S2+. The van der Waals surface area contributed by atoms with Gasteiger partial charge in [-0.05, 0) is 67.0 Å². The maximum atomic E-state index is 13.5. The average Bonchev–Trinajstić information content (AvgIpc) is 3.80. The molecule has 0 bridgehead atoms. The van der Waals surface area contributed by atoms with E-state index in [1.165, 1.54) is 16.5 Å². The molecule has 7 rings (SSSR count). The van der Waals surface area contributed by atoms with Gasteiger partial charge in [0.1, 0.15) is 34.0 Å². The standard InChI is InChI=1S/C35H37FN6O3S2/c1-3-29-32(39(2)35-38-30(22-46-35)24-9-12-26(36)13-10-24)42-21-25(11-14-31(42)37-29)23-15-18-40(19-16-23)47(45)20-6-17-41-33(43)27-7-4-5-8-28(27)34(41)44/h4-5,7-9,11-12,14,21-23H,3,6,10,13,15-20H2,1-2H3/p+1. The van der Waals surface area contributed by atoms with Crippen molar-refractivity contribution in [2.24, 2.45) is 0 Å². The molecule has 1 saturated heterocycles. The van der Waals surface area contributed by atoms with Crippen molar-refractivity contribution in [3.05, 3.63) is 94.0 Å². The van der Waals surface area contributed by atoms with Crippen LogP contribution in [0.1, 0.15) is 82.6 Å². The van der Waals surface area contributed by atoms with Crippen LogP contribution in [0, 0.1) is 0 Å². The number of piperidine rings is 1. The molecule has 2 aliphatic heterocycles. The second-order valence-electron chi connectivity index (χ2n) is 12.3. The van der Waals surface area contributed by atoms with Crippen LogP contribution >= 0.6 is 11.3 Å². The van der Waals surface area contributed by atoms with E-state index in [0.29, 0.717) is 42.1 Å². The highest BCUT2D eigenvalue weighted by Crippen LogP contribution is 2.36. The molecule has 0 saturated carbocycles. The second kappa shape index (κ2) is 13.2. The number of hydrogen-bond donors (Lipinski definition) is 0. The molecule has 0 spiro atoms. The van der Waals surface area contributed by atoms with Gasteiger partial charge in [0, 0.05) is 51.1 Å². The number of carbonyl (C=O) groups is 2. The Morgan fingerprint density at radius 2 is 1.77 bits per heavy atom. The monoisotopic (exact) mass is 673 g/mol. The minimum absolute atomic E-state index is 0.0905. The Labute approximate surface area is 280 Å². The third-order valence-corrected chi connectivity index (χ3v) is 12.1. The van der Waals surface area contributed by atoms with E-state index >= 15 is 0 Å². The lowest BCUT2D eigenvalue weighted by Crippen LogP contribution is -2.36. The molecule has 4 aromatic rings. The molecular weight excluding hydrogens is 636 g/mol. The van der Waals surface area contributed by atoms with Crippen LogP contribution in [0.2, 0.25) is 0 Å². The number of imidazole rings is 1. The van der Waals surface area contributed by atoms with Gasteiger partial charge in [-0.15, -0.1) is 15.6 Å². The van der Waals surface area contributed by atoms with E-state index in [0.717, 1.165) is 65.9 Å². The first kappa shape index (κ1) is 31.6. The molecule has 0 radical (unpaired) electrons. The summed E-state index contributed by atoms with van der Waals surface area (Å²) >= 11 is 1.57. The van der Waals surface area contributed by atoms with Crippen molar-refractivity contribution in [2.45, 2.75) is 51.4 Å². The van der Waals surface area contributed by atoms with Crippen LogP contribution in [-0.2, 0) is 21.6 Å². The highest BCUT2D eigenvalue weighted by molar-refractivity contribution is 7.82. The molecule has 1 aliphatic carbocycles. The van der Waals surface area contributed by atoms with Gasteiger partial charge in [0.2, 0.25) is 0 Å². The number of carbonyl (C=O) groups excluding carboxylic acids is 2. The van der Waals surface area contributed by atoms with Crippen LogP contribution in [0.3, 0.4) is 0 Å². The molecule has 0 N–H and O–H groups in total. The number of imide groups is 1. The van der Waals surface area contributed by atoms with E-state index in [1.54, 1.807) is 35.6 Å². The molecule has 1 unspecified atom stereocenters. The van der Waals surface area contributed by atoms with Gasteiger partial charge in [0.25, 0.3) is 11.8 Å². The van der Waals surface area contributed by atoms with Gasteiger partial charge >= 0.3 is 0 Å². The van der Waals surface area contributed by atoms with Gasteiger partial charge in [-0.1, -0.05) is 35.4 Å². The van der Waals surface area contributed by atoms with Crippen LogP contribution in [0.4, 0.5) is 15.3 Å². The number of halogens is 1. The van der Waals surface area contributed by atoms with E-state index in [9.17, 15) is 18.2 Å². The quantitative estimate of drug-likeness (QED) is 0.107. The number of thiol groups is 1. The number of pyridine rings is 1. The highest BCUT2D eigenvalue weighted by atomic mass is 32.2. The lowest BCUT2D eigenvalue weighted by Gasteiger charge is -2.28. The molecule has 12 heteroatoms. The van der Waals surface area contributed by atoms with Gasteiger partial charge in [-0.25, -0.2) is 14.4 Å². The zero-order valence-electron chi connectivity index (χ0n) is 26.6. The van der Waals surface area contributed by atoms with E-state index < -0.39 is 11.0 Å². The number of allylic oxidation sites excluding steroid dienone is 4. The molecule has 9 nitrogen and oxygen atoms in total. The highest BCUT2D eigenvalue weighted by Gasteiger charge is 2.35. The van der Waals surface area contributed by atoms with E-state index in [2.05, 4.69) is 38.9 Å². The number of amides is 2. The van der Waals surface area contributed by atoms with Crippen LogP contribution in [0.15, 0.2) is 66.0 Å². The molecule has 1 aromatic carbocycles. The fourth-order valence-corrected chi connectivity index (χ4v) is 8.97. The Bertz CT molecular complexity index is 1900. The average molecular weight is 674 g/mol. The van der Waals surface area contributed by atoms with Crippen molar-refractivity contribution in [2.75, 3.05) is 37.3 Å². The minimum atomic E-state index is -1.59. The summed E-state index contributed by atoms with van der Waals surface area (Å²) in [5.74, 6) is 1.16. The number of benzene rings is 1. The number of rotatable bonds is 10. The summed E-state index contributed by atoms with van der Waals surface area (Å²) in [6.07, 6.45) is 9.71. The molecule has 5 heterocycles. The normalized spacial score (nSPS) is 18.1. The summed E-state index contributed by atoms with van der Waals surface area (Å²) in [6.45, 7) is 3.86. The number of nitrogens with zero attached hydrogens (tertiary/aromatic N) is 6. The topological polar surface area (TPSA) is 91.1 Å². The Balaban J connectivity index is 0.991. The SMILES string of the molecule is CCc1nc2ccc(C3CCN([SH+](=O)CCCN4C(=O)c5ccccc5C4=O)CC3)cn2c1N(C)c1nc(C2=CC=C(F)CC2)cs1. The van der Waals surface area contributed by atoms with E-state index in [1.807, 2.05) is 18.5 Å². The molecule has 3 aromatic heterocycles. The predicted molar refractivity (Wildman–Crippen MR) is 185 cm³/mol. The second-order valence-corrected chi connectivity index (χ2v) is 14.8. The zero-order chi connectivity index (χ0) is 32.7. The minimum Gasteiger partial charge on any atom is -0.305 e. The number of anilines is 2. The third-order valence-electron chi connectivity index (χ3n) is 9.41. The number of aromatic nitrogens is 3. The largest absolute Gasteiger partial charge is 0.305 e. The van der Waals surface area contributed by atoms with Gasteiger partial charge in [-0.2, -0.15) is 0 Å². The van der Waals surface area contributed by atoms with Crippen molar-refractivity contribution in [1.29, 1.82) is 0 Å². The molecule has 2 amide bonds. The number of hydrogen-bond acceptors (Lipinski definition) is 7. The number of aryl methyl sites for hydroxylation is 1. The Hall–Kier alpha value is -4.00. The van der Waals surface area contributed by atoms with Gasteiger partial charge in [0.15, 0.2) is 5.13 Å². The maximum absolute atomic E-state index is 13.5. The summed E-state index contributed by atoms with van der Waals surface area (Å²) < 4.78 is 31.0. The molecule has 1 atom stereocenters. The van der Waals surface area contributed by atoms with Crippen molar-refractivity contribution in [1.82, 2.24) is 23.6 Å².